The molecule has 0 radical (unpaired) electrons. The Hall–Kier alpha value is 1.42. The molecular formula is C5H15AlOSiTi. The summed E-state index contributed by atoms with van der Waals surface area (Å²) in [5.74, 6) is 0. The molecule has 9 heavy (non-hydrogen) atoms. The SMILES string of the molecule is [AlH3].[SiH3]C1CCCCO1.[Ti]. The largest absolute Gasteiger partial charge is 0.383 e. The molecule has 0 aromatic carbocycles. The molecule has 0 spiro atoms. The average Bonchev–Trinajstić information content (AvgIpc) is 1.69. The van der Waals surface area contributed by atoms with Crippen LogP contribution >= 0.6 is 0 Å². The van der Waals surface area contributed by atoms with Crippen molar-refractivity contribution in [3.63, 3.8) is 0 Å². The number of rotatable bonds is 0. The van der Waals surface area contributed by atoms with Gasteiger partial charge in [0.15, 0.2) is 17.4 Å². The number of hydrogen-bond donors (Lipinski definition) is 0. The van der Waals surface area contributed by atoms with Crippen LogP contribution in [-0.2, 0) is 26.5 Å². The van der Waals surface area contributed by atoms with Crippen molar-refractivity contribution < 1.29 is 26.5 Å². The van der Waals surface area contributed by atoms with Gasteiger partial charge in [0.05, 0.1) is 0 Å². The molecule has 1 aliphatic heterocycles. The van der Waals surface area contributed by atoms with E-state index in [4.69, 9.17) is 4.74 Å². The Kier molecular flexibility index (Phi) is 10.9. The van der Waals surface area contributed by atoms with Crippen LogP contribution in [0.1, 0.15) is 19.3 Å². The van der Waals surface area contributed by atoms with E-state index in [1.165, 1.54) is 29.5 Å². The van der Waals surface area contributed by atoms with Crippen LogP contribution in [0.5, 0.6) is 0 Å². The zero-order chi connectivity index (χ0) is 5.11. The van der Waals surface area contributed by atoms with Crippen LogP contribution < -0.4 is 0 Å². The Morgan fingerprint density at radius 2 is 2.00 bits per heavy atom. The Labute approximate surface area is 85.4 Å². The molecule has 1 aliphatic rings. The van der Waals surface area contributed by atoms with E-state index < -0.39 is 0 Å². The Balaban J connectivity index is 0. The number of ether oxygens (including phenoxy) is 1. The van der Waals surface area contributed by atoms with Gasteiger partial charge in [0.25, 0.3) is 0 Å². The first-order valence-corrected chi connectivity index (χ1v) is 4.16. The fourth-order valence-electron chi connectivity index (χ4n) is 0.902. The summed E-state index contributed by atoms with van der Waals surface area (Å²) in [4.78, 5) is 0. The summed E-state index contributed by atoms with van der Waals surface area (Å²) in [6, 6.07) is 0. The van der Waals surface area contributed by atoms with Gasteiger partial charge in [0.1, 0.15) is 0 Å². The monoisotopic (exact) mass is 194 g/mol. The summed E-state index contributed by atoms with van der Waals surface area (Å²) in [7, 11) is 1.23. The zero-order valence-electron chi connectivity index (χ0n) is 5.31. The van der Waals surface area contributed by atoms with E-state index >= 15 is 0 Å². The molecule has 1 rings (SSSR count). The van der Waals surface area contributed by atoms with Crippen LogP contribution in [0.15, 0.2) is 0 Å². The van der Waals surface area contributed by atoms with Gasteiger partial charge in [-0.2, -0.15) is 0 Å². The predicted octanol–water partition coefficient (Wildman–Crippen LogP) is -1.31. The Morgan fingerprint density at radius 3 is 2.22 bits per heavy atom. The maximum atomic E-state index is 5.34. The maximum Gasteiger partial charge on any atom is 0.187 e. The van der Waals surface area contributed by atoms with E-state index in [0.29, 0.717) is 5.73 Å². The van der Waals surface area contributed by atoms with Crippen molar-refractivity contribution in [2.24, 2.45) is 0 Å². The van der Waals surface area contributed by atoms with Crippen molar-refractivity contribution in [3.05, 3.63) is 0 Å². The van der Waals surface area contributed by atoms with E-state index in [2.05, 4.69) is 0 Å². The van der Waals surface area contributed by atoms with Crippen molar-refractivity contribution in [3.8, 4) is 0 Å². The van der Waals surface area contributed by atoms with Crippen molar-refractivity contribution >= 4 is 27.6 Å². The summed E-state index contributed by atoms with van der Waals surface area (Å²) in [6.07, 6.45) is 4.01. The van der Waals surface area contributed by atoms with Gasteiger partial charge in [-0.1, -0.05) is 0 Å². The van der Waals surface area contributed by atoms with Gasteiger partial charge in [-0.05, 0) is 19.3 Å². The average molecular weight is 194 g/mol. The number of hydrogen-bond acceptors (Lipinski definition) is 1. The topological polar surface area (TPSA) is 9.23 Å². The second-order valence-electron chi connectivity index (χ2n) is 2.18. The second kappa shape index (κ2) is 7.53. The smallest absolute Gasteiger partial charge is 0.187 e. The van der Waals surface area contributed by atoms with Gasteiger partial charge in [-0.15, -0.1) is 0 Å². The molecule has 1 fully saturated rings. The van der Waals surface area contributed by atoms with Gasteiger partial charge in [-0.3, -0.25) is 0 Å². The minimum absolute atomic E-state index is 0. The minimum Gasteiger partial charge on any atom is -0.383 e. The van der Waals surface area contributed by atoms with Gasteiger partial charge in [-0.25, -0.2) is 0 Å². The fourth-order valence-corrected chi connectivity index (χ4v) is 1.55. The molecule has 0 aliphatic carbocycles. The van der Waals surface area contributed by atoms with Crippen molar-refractivity contribution in [2.45, 2.75) is 25.0 Å². The van der Waals surface area contributed by atoms with Crippen LogP contribution in [-0.4, -0.2) is 39.9 Å². The standard InChI is InChI=1S/C5H12OSi.Al.Ti.3H/c7-5-3-1-2-4-6-5;;;;;/h5H,1-4H2,7H3;;;;;. The van der Waals surface area contributed by atoms with Gasteiger partial charge in [0.2, 0.25) is 0 Å². The van der Waals surface area contributed by atoms with E-state index in [0.717, 1.165) is 6.61 Å². The molecule has 1 nitrogen and oxygen atoms in total. The molecule has 4 heteroatoms. The third kappa shape index (κ3) is 5.85. The molecule has 0 aromatic rings. The van der Waals surface area contributed by atoms with Crippen LogP contribution in [0.3, 0.4) is 0 Å². The van der Waals surface area contributed by atoms with Gasteiger partial charge >= 0.3 is 0 Å². The predicted molar refractivity (Wildman–Crippen MR) is 43.5 cm³/mol. The molecule has 1 heterocycles. The van der Waals surface area contributed by atoms with Crippen LogP contribution in [0, 0.1) is 0 Å². The summed E-state index contributed by atoms with van der Waals surface area (Å²) in [6.45, 7) is 1.02. The summed E-state index contributed by atoms with van der Waals surface area (Å²) >= 11 is 0. The van der Waals surface area contributed by atoms with Crippen LogP contribution in [0.4, 0.5) is 0 Å². The van der Waals surface area contributed by atoms with E-state index in [9.17, 15) is 0 Å². The molecule has 1 unspecified atom stereocenters. The van der Waals surface area contributed by atoms with Crippen molar-refractivity contribution in [2.75, 3.05) is 6.61 Å². The third-order valence-corrected chi connectivity index (χ3v) is 2.32. The van der Waals surface area contributed by atoms with Gasteiger partial charge in [0, 0.05) is 44.3 Å². The normalized spacial score (nSPS) is 26.0. The Morgan fingerprint density at radius 1 is 1.33 bits per heavy atom. The molecule has 0 aromatic heterocycles. The summed E-state index contributed by atoms with van der Waals surface area (Å²) < 4.78 is 5.34. The molecule has 1 atom stereocenters. The molecule has 0 amide bonds. The molecule has 0 saturated carbocycles. The Bertz CT molecular complexity index is 58.9. The molecule has 0 bridgehead atoms. The summed E-state index contributed by atoms with van der Waals surface area (Å²) in [5.41, 5.74) is 0.675. The molecule has 52 valence electrons. The first-order valence-electron chi connectivity index (χ1n) is 3.01. The van der Waals surface area contributed by atoms with E-state index in [1.807, 2.05) is 0 Å². The third-order valence-electron chi connectivity index (χ3n) is 1.41. The summed E-state index contributed by atoms with van der Waals surface area (Å²) in [5, 5.41) is 0. The minimum atomic E-state index is 0. The molecule has 0 N–H and O–H groups in total. The quantitative estimate of drug-likeness (QED) is 0.435. The van der Waals surface area contributed by atoms with E-state index in [-0.39, 0.29) is 39.1 Å². The zero-order valence-corrected chi connectivity index (χ0v) is 8.88. The van der Waals surface area contributed by atoms with Gasteiger partial charge < -0.3 is 4.74 Å². The van der Waals surface area contributed by atoms with Crippen molar-refractivity contribution in [1.29, 1.82) is 0 Å². The second-order valence-corrected chi connectivity index (χ2v) is 3.47. The first-order chi connectivity index (χ1) is 3.39. The van der Waals surface area contributed by atoms with Crippen molar-refractivity contribution in [1.82, 2.24) is 0 Å². The van der Waals surface area contributed by atoms with Crippen LogP contribution in [0.25, 0.3) is 0 Å². The van der Waals surface area contributed by atoms with E-state index in [1.54, 1.807) is 0 Å². The first kappa shape index (κ1) is 13.0. The molecule has 1 saturated heterocycles. The maximum absolute atomic E-state index is 5.34. The molecular weight excluding hydrogens is 179 g/mol. The van der Waals surface area contributed by atoms with Crippen LogP contribution in [0.2, 0.25) is 0 Å². The fraction of sp³-hybridized carbons (Fsp3) is 1.00.